The van der Waals surface area contributed by atoms with Crippen molar-refractivity contribution in [3.63, 3.8) is 0 Å². The summed E-state index contributed by atoms with van der Waals surface area (Å²) in [5.74, 6) is 0.196. The lowest BCUT2D eigenvalue weighted by Gasteiger charge is -2.17. The van der Waals surface area contributed by atoms with Gasteiger partial charge < -0.3 is 5.32 Å². The summed E-state index contributed by atoms with van der Waals surface area (Å²) in [6.45, 7) is 3.90. The standard InChI is InChI=1S/C12H16ClN5OS/c1-3-4-8(11-15-17-18-16-11)14-12(19)7(2)9-5-6-10(13)20-9/h5-8H,3-4H2,1-2H3,(H,14,19)(H,15,16,17,18). The van der Waals surface area contributed by atoms with E-state index in [1.165, 1.54) is 11.3 Å². The quantitative estimate of drug-likeness (QED) is 0.858. The van der Waals surface area contributed by atoms with Crippen molar-refractivity contribution in [1.29, 1.82) is 0 Å². The molecule has 0 spiro atoms. The minimum atomic E-state index is -0.251. The molecule has 8 heteroatoms. The van der Waals surface area contributed by atoms with Gasteiger partial charge >= 0.3 is 0 Å². The summed E-state index contributed by atoms with van der Waals surface area (Å²) in [7, 11) is 0. The number of carbonyl (C=O) groups is 1. The van der Waals surface area contributed by atoms with E-state index >= 15 is 0 Å². The van der Waals surface area contributed by atoms with Crippen molar-refractivity contribution in [3.05, 3.63) is 27.2 Å². The molecule has 0 aromatic carbocycles. The molecule has 2 atom stereocenters. The Kier molecular flexibility index (Phi) is 5.08. The van der Waals surface area contributed by atoms with E-state index in [9.17, 15) is 4.79 Å². The molecule has 2 N–H and O–H groups in total. The van der Waals surface area contributed by atoms with Crippen molar-refractivity contribution < 1.29 is 4.79 Å². The Labute approximate surface area is 125 Å². The van der Waals surface area contributed by atoms with E-state index in [4.69, 9.17) is 11.6 Å². The lowest BCUT2D eigenvalue weighted by molar-refractivity contribution is -0.123. The molecule has 0 bridgehead atoms. The average Bonchev–Trinajstić information content (AvgIpc) is 3.08. The van der Waals surface area contributed by atoms with Crippen LogP contribution in [0.2, 0.25) is 4.34 Å². The number of carbonyl (C=O) groups excluding carboxylic acids is 1. The number of hydrogen-bond acceptors (Lipinski definition) is 5. The summed E-state index contributed by atoms with van der Waals surface area (Å²) in [5.41, 5.74) is 0. The van der Waals surface area contributed by atoms with Gasteiger partial charge in [0.05, 0.1) is 16.3 Å². The van der Waals surface area contributed by atoms with Crippen molar-refractivity contribution in [2.24, 2.45) is 0 Å². The van der Waals surface area contributed by atoms with Crippen LogP contribution in [0.4, 0.5) is 0 Å². The zero-order chi connectivity index (χ0) is 14.5. The van der Waals surface area contributed by atoms with E-state index in [-0.39, 0.29) is 17.9 Å². The van der Waals surface area contributed by atoms with Gasteiger partial charge in [0.2, 0.25) is 5.91 Å². The Balaban J connectivity index is 2.04. The van der Waals surface area contributed by atoms with Crippen molar-refractivity contribution in [2.75, 3.05) is 0 Å². The molecule has 0 aliphatic carbocycles. The Hall–Kier alpha value is -1.47. The Morgan fingerprint density at radius 2 is 2.35 bits per heavy atom. The molecule has 0 saturated heterocycles. The van der Waals surface area contributed by atoms with Crippen molar-refractivity contribution >= 4 is 28.8 Å². The molecule has 108 valence electrons. The van der Waals surface area contributed by atoms with Gasteiger partial charge in [-0.15, -0.1) is 21.5 Å². The van der Waals surface area contributed by atoms with Gasteiger partial charge in [0.15, 0.2) is 5.82 Å². The molecule has 2 rings (SSSR count). The molecule has 0 fully saturated rings. The fourth-order valence-corrected chi connectivity index (χ4v) is 2.97. The molecule has 0 aliphatic rings. The van der Waals surface area contributed by atoms with Crippen molar-refractivity contribution in [3.8, 4) is 0 Å². The van der Waals surface area contributed by atoms with E-state index in [0.29, 0.717) is 10.2 Å². The largest absolute Gasteiger partial charge is 0.345 e. The highest BCUT2D eigenvalue weighted by Gasteiger charge is 2.23. The van der Waals surface area contributed by atoms with Crippen LogP contribution in [0.25, 0.3) is 0 Å². The van der Waals surface area contributed by atoms with Gasteiger partial charge in [-0.3, -0.25) is 4.79 Å². The van der Waals surface area contributed by atoms with Crippen LogP contribution in [-0.2, 0) is 4.79 Å². The maximum atomic E-state index is 12.3. The number of hydrogen-bond donors (Lipinski definition) is 2. The van der Waals surface area contributed by atoms with Gasteiger partial charge in [0.25, 0.3) is 0 Å². The van der Waals surface area contributed by atoms with Crippen molar-refractivity contribution in [2.45, 2.75) is 38.6 Å². The average molecular weight is 314 g/mol. The summed E-state index contributed by atoms with van der Waals surface area (Å²) < 4.78 is 0.683. The number of H-pyrrole nitrogens is 1. The van der Waals surface area contributed by atoms with Crippen LogP contribution < -0.4 is 5.32 Å². The van der Waals surface area contributed by atoms with Crippen LogP contribution in [0.3, 0.4) is 0 Å². The summed E-state index contributed by atoms with van der Waals surface area (Å²) in [6, 6.07) is 3.46. The molecule has 1 amide bonds. The SMILES string of the molecule is CCCC(NC(=O)C(C)c1ccc(Cl)s1)c1nn[nH]n1. The first-order valence-electron chi connectivity index (χ1n) is 6.40. The Bertz CT molecular complexity index is 556. The van der Waals surface area contributed by atoms with Gasteiger partial charge in [0.1, 0.15) is 0 Å². The number of aromatic nitrogens is 4. The van der Waals surface area contributed by atoms with E-state index in [0.717, 1.165) is 17.7 Å². The molecular weight excluding hydrogens is 298 g/mol. The first kappa shape index (κ1) is 14.9. The smallest absolute Gasteiger partial charge is 0.228 e. The molecule has 0 radical (unpaired) electrons. The third-order valence-corrected chi connectivity index (χ3v) is 4.40. The first-order valence-corrected chi connectivity index (χ1v) is 7.60. The highest BCUT2D eigenvalue weighted by atomic mass is 35.5. The van der Waals surface area contributed by atoms with E-state index in [1.54, 1.807) is 6.07 Å². The van der Waals surface area contributed by atoms with Crippen LogP contribution in [0.5, 0.6) is 0 Å². The number of thiophene rings is 1. The van der Waals surface area contributed by atoms with Gasteiger partial charge in [-0.05, 0) is 25.5 Å². The van der Waals surface area contributed by atoms with Crippen molar-refractivity contribution in [1.82, 2.24) is 25.9 Å². The molecule has 2 aromatic rings. The lowest BCUT2D eigenvalue weighted by Crippen LogP contribution is -2.32. The number of rotatable bonds is 6. The number of halogens is 1. The molecular formula is C12H16ClN5OS. The molecule has 2 aromatic heterocycles. The van der Waals surface area contributed by atoms with Crippen LogP contribution >= 0.6 is 22.9 Å². The number of nitrogens with one attached hydrogen (secondary N) is 2. The predicted molar refractivity (Wildman–Crippen MR) is 77.7 cm³/mol. The van der Waals surface area contributed by atoms with Gasteiger partial charge in [-0.1, -0.05) is 30.2 Å². The monoisotopic (exact) mass is 313 g/mol. The second kappa shape index (κ2) is 6.81. The fraction of sp³-hybridized carbons (Fsp3) is 0.500. The number of aromatic amines is 1. The molecule has 2 unspecified atom stereocenters. The van der Waals surface area contributed by atoms with Gasteiger partial charge in [-0.2, -0.15) is 5.21 Å². The number of tetrazole rings is 1. The zero-order valence-electron chi connectivity index (χ0n) is 11.3. The summed E-state index contributed by atoms with van der Waals surface area (Å²) >= 11 is 7.32. The maximum Gasteiger partial charge on any atom is 0.228 e. The van der Waals surface area contributed by atoms with E-state index in [1.807, 2.05) is 19.9 Å². The third-order valence-electron chi connectivity index (χ3n) is 2.98. The second-order valence-corrected chi connectivity index (χ2v) is 6.23. The third kappa shape index (κ3) is 3.55. The molecule has 20 heavy (non-hydrogen) atoms. The zero-order valence-corrected chi connectivity index (χ0v) is 12.8. The summed E-state index contributed by atoms with van der Waals surface area (Å²) in [6.07, 6.45) is 1.68. The highest BCUT2D eigenvalue weighted by molar-refractivity contribution is 7.16. The Morgan fingerprint density at radius 1 is 1.55 bits per heavy atom. The van der Waals surface area contributed by atoms with E-state index in [2.05, 4.69) is 25.9 Å². The number of nitrogens with zero attached hydrogens (tertiary/aromatic N) is 3. The summed E-state index contributed by atoms with van der Waals surface area (Å²) in [5, 5.41) is 16.8. The lowest BCUT2D eigenvalue weighted by atomic mass is 10.1. The highest BCUT2D eigenvalue weighted by Crippen LogP contribution is 2.28. The predicted octanol–water partition coefficient (Wildman–Crippen LogP) is 2.68. The minimum absolute atomic E-state index is 0.0632. The number of amides is 1. The van der Waals surface area contributed by atoms with Gasteiger partial charge in [-0.25, -0.2) is 0 Å². The summed E-state index contributed by atoms with van der Waals surface area (Å²) in [4.78, 5) is 13.2. The molecule has 0 aliphatic heterocycles. The van der Waals surface area contributed by atoms with E-state index < -0.39 is 0 Å². The Morgan fingerprint density at radius 3 is 2.90 bits per heavy atom. The molecule has 6 nitrogen and oxygen atoms in total. The molecule has 0 saturated carbocycles. The fourth-order valence-electron chi connectivity index (χ4n) is 1.86. The van der Waals surface area contributed by atoms with Crippen LogP contribution in [0, 0.1) is 0 Å². The topological polar surface area (TPSA) is 83.6 Å². The van der Waals surface area contributed by atoms with Crippen LogP contribution in [-0.4, -0.2) is 26.5 Å². The van der Waals surface area contributed by atoms with Crippen LogP contribution in [0.15, 0.2) is 12.1 Å². The first-order chi connectivity index (χ1) is 9.61. The normalized spacial score (nSPS) is 13.9. The van der Waals surface area contributed by atoms with Crippen LogP contribution in [0.1, 0.15) is 49.4 Å². The minimum Gasteiger partial charge on any atom is -0.345 e. The molecule has 2 heterocycles. The maximum absolute atomic E-state index is 12.3. The van der Waals surface area contributed by atoms with Gasteiger partial charge in [0, 0.05) is 4.88 Å². The second-order valence-electron chi connectivity index (χ2n) is 4.48.